The monoisotopic (exact) mass is 542 g/mol. The minimum absolute atomic E-state index is 0.0895. The molecule has 0 radical (unpaired) electrons. The summed E-state index contributed by atoms with van der Waals surface area (Å²) in [6.45, 7) is 6.15. The van der Waals surface area contributed by atoms with Gasteiger partial charge in [-0.05, 0) is 49.2 Å². The Morgan fingerprint density at radius 3 is 2.32 bits per heavy atom. The number of aryl methyl sites for hydroxylation is 2. The van der Waals surface area contributed by atoms with Gasteiger partial charge in [-0.2, -0.15) is 4.98 Å². The number of fused-ring (bicyclic) bond motifs is 1. The highest BCUT2D eigenvalue weighted by Crippen LogP contribution is 2.37. The van der Waals surface area contributed by atoms with Gasteiger partial charge in [-0.25, -0.2) is 9.78 Å². The van der Waals surface area contributed by atoms with Crippen LogP contribution in [0.15, 0.2) is 36.5 Å². The van der Waals surface area contributed by atoms with Crippen molar-refractivity contribution < 1.29 is 19.4 Å². The number of anilines is 4. The molecule has 2 aromatic carbocycles. The van der Waals surface area contributed by atoms with E-state index in [1.54, 1.807) is 18.2 Å². The van der Waals surface area contributed by atoms with Gasteiger partial charge in [0.15, 0.2) is 6.73 Å². The van der Waals surface area contributed by atoms with E-state index in [9.17, 15) is 14.7 Å². The van der Waals surface area contributed by atoms with Gasteiger partial charge in [0.05, 0.1) is 15.7 Å². The van der Waals surface area contributed by atoms with Crippen LogP contribution in [0.2, 0.25) is 10.0 Å². The van der Waals surface area contributed by atoms with Gasteiger partial charge < -0.3 is 25.0 Å². The van der Waals surface area contributed by atoms with Crippen LogP contribution in [-0.4, -0.2) is 64.9 Å². The first kappa shape index (κ1) is 24.9. The highest BCUT2D eigenvalue weighted by Gasteiger charge is 2.31. The van der Waals surface area contributed by atoms with Crippen LogP contribution in [0.25, 0.3) is 0 Å². The van der Waals surface area contributed by atoms with Crippen LogP contribution in [-0.2, 0) is 0 Å². The number of benzene rings is 2. The van der Waals surface area contributed by atoms with Gasteiger partial charge in [0.1, 0.15) is 5.56 Å². The van der Waals surface area contributed by atoms with Gasteiger partial charge in [-0.15, -0.1) is 0 Å². The number of nitrogens with one attached hydrogen (secondary N) is 1. The Hall–Kier alpha value is -3.76. The Labute approximate surface area is 223 Å². The fourth-order valence-corrected chi connectivity index (χ4v) is 5.30. The quantitative estimate of drug-likeness (QED) is 0.476. The van der Waals surface area contributed by atoms with Gasteiger partial charge >= 0.3 is 6.09 Å². The van der Waals surface area contributed by atoms with Gasteiger partial charge in [0.2, 0.25) is 11.8 Å². The molecular formula is C25H24Cl2N6O4. The maximum Gasteiger partial charge on any atom is 0.407 e. The summed E-state index contributed by atoms with van der Waals surface area (Å²) in [6.07, 6.45) is 0.531. The molecule has 3 heterocycles. The molecule has 10 nitrogen and oxygen atoms in total. The van der Waals surface area contributed by atoms with Gasteiger partial charge in [-0.1, -0.05) is 29.3 Å². The van der Waals surface area contributed by atoms with Crippen molar-refractivity contribution in [1.29, 1.82) is 0 Å². The summed E-state index contributed by atoms with van der Waals surface area (Å²) >= 11 is 12.5. The molecule has 0 spiro atoms. The van der Waals surface area contributed by atoms with E-state index < -0.39 is 6.09 Å². The fraction of sp³-hybridized carbons (Fsp3) is 0.280. The number of halogens is 2. The predicted octanol–water partition coefficient (Wildman–Crippen LogP) is 4.94. The van der Waals surface area contributed by atoms with E-state index in [-0.39, 0.29) is 30.0 Å². The summed E-state index contributed by atoms with van der Waals surface area (Å²) in [4.78, 5) is 38.0. The van der Waals surface area contributed by atoms with Crippen LogP contribution in [0, 0.1) is 13.8 Å². The average Bonchev–Trinajstić information content (AvgIpc) is 2.85. The molecule has 0 bridgehead atoms. The molecule has 1 saturated heterocycles. The van der Waals surface area contributed by atoms with Gasteiger partial charge in [-0.3, -0.25) is 9.69 Å². The Bertz CT molecular complexity index is 1350. The van der Waals surface area contributed by atoms with Crippen molar-refractivity contribution in [2.75, 3.05) is 48.0 Å². The molecule has 3 aromatic rings. The number of ether oxygens (including phenoxy) is 1. The zero-order valence-electron chi connectivity index (χ0n) is 20.2. The van der Waals surface area contributed by atoms with Crippen LogP contribution in [0.1, 0.15) is 21.5 Å². The SMILES string of the molecule is Cc1cc(Nc2ncc3c(n2)OCN(c2c(Cl)cccc2Cl)C3=O)cc(C)c1N1CCN(C(=O)O)CC1. The lowest BCUT2D eigenvalue weighted by molar-refractivity contribution is 0.0932. The highest BCUT2D eigenvalue weighted by atomic mass is 35.5. The largest absolute Gasteiger partial charge is 0.465 e. The summed E-state index contributed by atoms with van der Waals surface area (Å²) in [7, 11) is 0. The minimum atomic E-state index is -0.885. The number of aromatic nitrogens is 2. The third kappa shape index (κ3) is 4.82. The number of amides is 2. The van der Waals surface area contributed by atoms with E-state index in [2.05, 4.69) is 20.2 Å². The molecule has 37 heavy (non-hydrogen) atoms. The number of hydrogen-bond acceptors (Lipinski definition) is 7. The van der Waals surface area contributed by atoms with Crippen molar-refractivity contribution in [3.8, 4) is 5.88 Å². The average molecular weight is 543 g/mol. The summed E-state index contributed by atoms with van der Waals surface area (Å²) in [5, 5.41) is 13.1. The molecule has 0 unspecified atom stereocenters. The lowest BCUT2D eigenvalue weighted by Gasteiger charge is -2.36. The zero-order chi connectivity index (χ0) is 26.3. The third-order valence-electron chi connectivity index (χ3n) is 6.38. The second kappa shape index (κ2) is 9.95. The van der Waals surface area contributed by atoms with Crippen LogP contribution in [0.4, 0.5) is 27.8 Å². The van der Waals surface area contributed by atoms with Gasteiger partial charge in [0, 0.05) is 43.8 Å². The molecule has 12 heteroatoms. The van der Waals surface area contributed by atoms with Crippen LogP contribution in [0.5, 0.6) is 5.88 Å². The fourth-order valence-electron chi connectivity index (χ4n) is 4.70. The van der Waals surface area contributed by atoms with Crippen molar-refractivity contribution in [1.82, 2.24) is 14.9 Å². The Morgan fingerprint density at radius 2 is 1.70 bits per heavy atom. The zero-order valence-corrected chi connectivity index (χ0v) is 21.7. The number of piperazine rings is 1. The third-order valence-corrected chi connectivity index (χ3v) is 6.99. The first-order valence-corrected chi connectivity index (χ1v) is 12.4. The standard InChI is InChI=1S/C25H24Cl2N6O4/c1-14-10-16(11-15(2)20(14)31-6-8-32(9-7-31)25(35)36)29-24-28-12-17-22(30-24)37-13-33(23(17)34)21-18(26)4-3-5-19(21)27/h3-5,10-12H,6-9,13H2,1-2H3,(H,35,36)(H,28,29,30). The Kier molecular flexibility index (Phi) is 6.70. The molecule has 192 valence electrons. The van der Waals surface area contributed by atoms with Crippen LogP contribution in [0.3, 0.4) is 0 Å². The molecule has 0 saturated carbocycles. The normalized spacial score (nSPS) is 15.4. The molecule has 2 N–H and O–H groups in total. The molecule has 2 aliphatic rings. The number of carboxylic acid groups (broad SMARTS) is 1. The molecule has 1 fully saturated rings. The maximum atomic E-state index is 13.1. The number of carbonyl (C=O) groups is 2. The van der Waals surface area contributed by atoms with Gasteiger partial charge in [0.25, 0.3) is 5.91 Å². The lowest BCUT2D eigenvalue weighted by atomic mass is 10.1. The Morgan fingerprint density at radius 1 is 1.05 bits per heavy atom. The maximum absolute atomic E-state index is 13.1. The first-order chi connectivity index (χ1) is 17.7. The topological polar surface area (TPSA) is 111 Å². The molecule has 2 aliphatic heterocycles. The molecular weight excluding hydrogens is 519 g/mol. The molecule has 1 aromatic heterocycles. The summed E-state index contributed by atoms with van der Waals surface area (Å²) in [5.74, 6) is 0.0996. The number of para-hydroxylation sites is 1. The van der Waals surface area contributed by atoms with E-state index in [4.69, 9.17) is 27.9 Å². The lowest BCUT2D eigenvalue weighted by Crippen LogP contribution is -2.48. The van der Waals surface area contributed by atoms with E-state index in [0.29, 0.717) is 41.9 Å². The number of carbonyl (C=O) groups excluding carboxylic acids is 1. The number of hydrogen-bond donors (Lipinski definition) is 2. The second-order valence-corrected chi connectivity index (χ2v) is 9.64. The second-order valence-electron chi connectivity index (χ2n) is 8.83. The molecule has 2 amide bonds. The summed E-state index contributed by atoms with van der Waals surface area (Å²) in [6, 6.07) is 8.98. The smallest absolute Gasteiger partial charge is 0.407 e. The summed E-state index contributed by atoms with van der Waals surface area (Å²) in [5.41, 5.74) is 4.55. The molecule has 0 aliphatic carbocycles. The van der Waals surface area contributed by atoms with E-state index in [1.807, 2.05) is 26.0 Å². The van der Waals surface area contributed by atoms with Crippen LogP contribution < -0.4 is 19.9 Å². The van der Waals surface area contributed by atoms with E-state index in [0.717, 1.165) is 22.5 Å². The number of rotatable bonds is 4. The molecule has 5 rings (SSSR count). The van der Waals surface area contributed by atoms with Crippen molar-refractivity contribution in [2.45, 2.75) is 13.8 Å². The van der Waals surface area contributed by atoms with E-state index in [1.165, 1.54) is 16.0 Å². The van der Waals surface area contributed by atoms with Crippen molar-refractivity contribution in [2.24, 2.45) is 0 Å². The predicted molar refractivity (Wildman–Crippen MR) is 142 cm³/mol. The van der Waals surface area contributed by atoms with Crippen molar-refractivity contribution in [3.63, 3.8) is 0 Å². The van der Waals surface area contributed by atoms with E-state index >= 15 is 0 Å². The molecule has 0 atom stereocenters. The first-order valence-electron chi connectivity index (χ1n) is 11.6. The van der Waals surface area contributed by atoms with Crippen molar-refractivity contribution in [3.05, 3.63) is 63.3 Å². The van der Waals surface area contributed by atoms with Crippen molar-refractivity contribution >= 4 is 58.2 Å². The number of nitrogens with zero attached hydrogens (tertiary/aromatic N) is 5. The minimum Gasteiger partial charge on any atom is -0.465 e. The Balaban J connectivity index is 1.33. The highest BCUT2D eigenvalue weighted by molar-refractivity contribution is 6.40. The summed E-state index contributed by atoms with van der Waals surface area (Å²) < 4.78 is 5.76. The van der Waals surface area contributed by atoms with Crippen LogP contribution >= 0.6 is 23.2 Å².